The monoisotopic (exact) mass is 206 g/mol. The Hall–Kier alpha value is -1.55. The van der Waals surface area contributed by atoms with Crippen LogP contribution in [0.15, 0.2) is 36.5 Å². The number of fused-ring (bicyclic) bond motifs is 1. The molecule has 0 aliphatic carbocycles. The van der Waals surface area contributed by atoms with Crippen LogP contribution < -0.4 is 4.43 Å². The Morgan fingerprint density at radius 2 is 2.07 bits per heavy atom. The van der Waals surface area contributed by atoms with Crippen LogP contribution in [0.2, 0.25) is 6.55 Å². The molecule has 3 nitrogen and oxygen atoms in total. The summed E-state index contributed by atoms with van der Waals surface area (Å²) in [5.41, 5.74) is 2.08. The highest BCUT2D eigenvalue weighted by Crippen LogP contribution is 2.28. The molecule has 1 aromatic rings. The van der Waals surface area contributed by atoms with Gasteiger partial charge in [-0.15, -0.1) is 6.58 Å². The fourth-order valence-corrected chi connectivity index (χ4v) is 2.59. The minimum atomic E-state index is -2.51. The Morgan fingerprint density at radius 3 is 2.79 bits per heavy atom. The van der Waals surface area contributed by atoms with Crippen molar-refractivity contribution in [1.29, 1.82) is 0 Å². The zero-order valence-electron chi connectivity index (χ0n) is 7.82. The van der Waals surface area contributed by atoms with Gasteiger partial charge in [0.25, 0.3) is 0 Å². The molecular weight excluding hydrogens is 196 g/mol. The number of carbonyl (C=O) groups excluding carboxylic acids is 1. The summed E-state index contributed by atoms with van der Waals surface area (Å²) in [6.07, 6.45) is 0. The van der Waals surface area contributed by atoms with E-state index in [-0.39, 0.29) is 5.97 Å². The molecule has 0 amide bonds. The van der Waals surface area contributed by atoms with Crippen molar-refractivity contribution < 1.29 is 13.6 Å². The van der Waals surface area contributed by atoms with E-state index in [0.717, 1.165) is 0 Å². The van der Waals surface area contributed by atoms with Crippen molar-refractivity contribution >= 4 is 14.5 Å². The van der Waals surface area contributed by atoms with Crippen molar-refractivity contribution in [3.8, 4) is 5.75 Å². The molecule has 0 fully saturated rings. The molecule has 0 bridgehead atoms. The molecule has 1 aromatic carbocycles. The van der Waals surface area contributed by atoms with Gasteiger partial charge in [-0.2, -0.15) is 0 Å². The smallest absolute Gasteiger partial charge is 0.486 e. The van der Waals surface area contributed by atoms with Crippen LogP contribution in [0.25, 0.3) is 0 Å². The second-order valence-corrected chi connectivity index (χ2v) is 6.06. The Balaban J connectivity index is 2.48. The van der Waals surface area contributed by atoms with Crippen LogP contribution in [0.3, 0.4) is 0 Å². The lowest BCUT2D eigenvalue weighted by molar-refractivity contribution is 0.0667. The third-order valence-corrected chi connectivity index (χ3v) is 4.04. The molecule has 72 valence electrons. The molecule has 1 atom stereocenters. The minimum absolute atomic E-state index is 0.319. The van der Waals surface area contributed by atoms with Crippen molar-refractivity contribution in [2.75, 3.05) is 0 Å². The molecule has 1 aliphatic heterocycles. The van der Waals surface area contributed by atoms with Crippen LogP contribution in [-0.2, 0) is 4.43 Å². The van der Waals surface area contributed by atoms with E-state index in [4.69, 9.17) is 8.85 Å². The van der Waals surface area contributed by atoms with Crippen LogP contribution in [0.4, 0.5) is 0 Å². The zero-order chi connectivity index (χ0) is 10.2. The van der Waals surface area contributed by atoms with Gasteiger partial charge in [0.05, 0.1) is 5.56 Å². The van der Waals surface area contributed by atoms with Gasteiger partial charge >= 0.3 is 14.5 Å². The van der Waals surface area contributed by atoms with Crippen LogP contribution in [-0.4, -0.2) is 14.5 Å². The third kappa shape index (κ3) is 1.33. The highest BCUT2D eigenvalue weighted by molar-refractivity contribution is 6.74. The van der Waals surface area contributed by atoms with Crippen LogP contribution >= 0.6 is 0 Å². The minimum Gasteiger partial charge on any atom is -0.508 e. The second kappa shape index (κ2) is 2.99. The molecule has 14 heavy (non-hydrogen) atoms. The molecule has 0 saturated carbocycles. The fourth-order valence-electron chi connectivity index (χ4n) is 1.29. The predicted molar refractivity (Wildman–Crippen MR) is 54.3 cm³/mol. The number of carbonyl (C=O) groups is 1. The summed E-state index contributed by atoms with van der Waals surface area (Å²) in [4.78, 5) is 11.5. The van der Waals surface area contributed by atoms with Crippen molar-refractivity contribution in [3.63, 3.8) is 0 Å². The maximum absolute atomic E-state index is 11.5. The number of hydrogen-bond donors (Lipinski definition) is 0. The molecule has 1 heterocycles. The van der Waals surface area contributed by atoms with E-state index in [1.165, 1.54) is 0 Å². The largest absolute Gasteiger partial charge is 0.508 e. The SMILES string of the molecule is C=C[Si]1(C)OC(=O)c2ccccc2O1. The van der Waals surface area contributed by atoms with E-state index in [1.807, 2.05) is 6.07 Å². The Bertz CT molecular complexity index is 402. The summed E-state index contributed by atoms with van der Waals surface area (Å²) in [5, 5.41) is 0. The molecule has 4 heteroatoms. The molecule has 0 spiro atoms. The quantitative estimate of drug-likeness (QED) is 0.659. The van der Waals surface area contributed by atoms with Gasteiger partial charge in [0.15, 0.2) is 0 Å². The average molecular weight is 206 g/mol. The summed E-state index contributed by atoms with van der Waals surface area (Å²) in [5.74, 6) is 0.277. The van der Waals surface area contributed by atoms with E-state index in [2.05, 4.69) is 6.58 Å². The summed E-state index contributed by atoms with van der Waals surface area (Å²) in [7, 11) is -2.51. The predicted octanol–water partition coefficient (Wildman–Crippen LogP) is 2.03. The fraction of sp³-hybridized carbons (Fsp3) is 0.100. The zero-order valence-corrected chi connectivity index (χ0v) is 8.82. The number of rotatable bonds is 1. The van der Waals surface area contributed by atoms with Gasteiger partial charge in [0.1, 0.15) is 5.75 Å². The van der Waals surface area contributed by atoms with Crippen molar-refractivity contribution in [2.45, 2.75) is 6.55 Å². The van der Waals surface area contributed by atoms with Crippen molar-refractivity contribution in [3.05, 3.63) is 42.1 Å². The number of benzene rings is 1. The van der Waals surface area contributed by atoms with Crippen molar-refractivity contribution in [1.82, 2.24) is 0 Å². The maximum Gasteiger partial charge on any atom is 0.486 e. The van der Waals surface area contributed by atoms with Crippen LogP contribution in [0.5, 0.6) is 5.75 Å². The molecule has 0 saturated heterocycles. The Morgan fingerprint density at radius 1 is 1.36 bits per heavy atom. The lowest BCUT2D eigenvalue weighted by atomic mass is 10.2. The van der Waals surface area contributed by atoms with Crippen LogP contribution in [0.1, 0.15) is 10.4 Å². The van der Waals surface area contributed by atoms with Crippen LogP contribution in [0, 0.1) is 0 Å². The lowest BCUT2D eigenvalue weighted by Crippen LogP contribution is -2.45. The van der Waals surface area contributed by atoms with Gasteiger partial charge in [0.2, 0.25) is 0 Å². The van der Waals surface area contributed by atoms with Gasteiger partial charge in [-0.3, -0.25) is 0 Å². The highest BCUT2D eigenvalue weighted by atomic mass is 28.4. The number of hydrogen-bond acceptors (Lipinski definition) is 3. The van der Waals surface area contributed by atoms with Gasteiger partial charge in [-0.1, -0.05) is 12.1 Å². The topological polar surface area (TPSA) is 35.5 Å². The van der Waals surface area contributed by atoms with E-state index >= 15 is 0 Å². The second-order valence-electron chi connectivity index (χ2n) is 3.21. The summed E-state index contributed by atoms with van der Waals surface area (Å²) >= 11 is 0. The van der Waals surface area contributed by atoms with Gasteiger partial charge in [-0.05, 0) is 17.8 Å². The molecule has 1 aliphatic rings. The lowest BCUT2D eigenvalue weighted by Gasteiger charge is -2.29. The highest BCUT2D eigenvalue weighted by Gasteiger charge is 2.40. The van der Waals surface area contributed by atoms with E-state index in [9.17, 15) is 4.79 Å². The normalized spacial score (nSPS) is 24.5. The van der Waals surface area contributed by atoms with E-state index in [0.29, 0.717) is 11.3 Å². The molecular formula is C10H10O3Si. The molecule has 0 radical (unpaired) electrons. The third-order valence-electron chi connectivity index (χ3n) is 2.09. The maximum atomic E-state index is 11.5. The summed E-state index contributed by atoms with van der Waals surface area (Å²) in [6, 6.07) is 7.07. The first-order valence-electron chi connectivity index (χ1n) is 4.29. The van der Waals surface area contributed by atoms with Gasteiger partial charge < -0.3 is 8.85 Å². The van der Waals surface area contributed by atoms with E-state index < -0.39 is 8.56 Å². The molecule has 0 N–H and O–H groups in total. The first-order valence-corrected chi connectivity index (χ1v) is 6.69. The standard InChI is InChI=1S/C10H10O3Si/c1-3-14(2)12-9-7-5-4-6-8(9)10(11)13-14/h3-7H,1H2,2H3. The molecule has 2 rings (SSSR count). The number of para-hydroxylation sites is 1. The summed E-state index contributed by atoms with van der Waals surface area (Å²) in [6.45, 7) is 5.41. The van der Waals surface area contributed by atoms with Crippen molar-refractivity contribution in [2.24, 2.45) is 0 Å². The Kier molecular flexibility index (Phi) is 1.93. The van der Waals surface area contributed by atoms with Gasteiger partial charge in [-0.25, -0.2) is 4.79 Å². The molecule has 0 aromatic heterocycles. The average Bonchev–Trinajstić information content (AvgIpc) is 2.18. The Labute approximate surface area is 83.2 Å². The van der Waals surface area contributed by atoms with Gasteiger partial charge in [0, 0.05) is 6.55 Å². The first-order chi connectivity index (χ1) is 6.64. The molecule has 1 unspecified atom stereocenters. The van der Waals surface area contributed by atoms with E-state index in [1.54, 1.807) is 30.4 Å². The first kappa shape index (κ1) is 9.02. The summed E-state index contributed by atoms with van der Waals surface area (Å²) < 4.78 is 10.8.